The summed E-state index contributed by atoms with van der Waals surface area (Å²) in [6.45, 7) is 4.01. The van der Waals surface area contributed by atoms with Crippen LogP contribution in [0.2, 0.25) is 0 Å². The largest absolute Gasteiger partial charge is 0.349 e. The molecule has 0 aliphatic carbocycles. The molecule has 0 unspecified atom stereocenters. The van der Waals surface area contributed by atoms with E-state index in [-0.39, 0.29) is 18.0 Å². The maximum Gasteiger partial charge on any atom is 0.237 e. The molecule has 2 atom stereocenters. The third-order valence-electron chi connectivity index (χ3n) is 2.80. The molecule has 3 nitrogen and oxygen atoms in total. The average molecular weight is 180 g/mol. The number of carbonyl (C=O) groups excluding carboxylic acids is 1. The fourth-order valence-electron chi connectivity index (χ4n) is 2.11. The number of nitrogens with zero attached hydrogens (tertiary/aromatic N) is 1. The normalized spacial score (nSPS) is 37.5. The van der Waals surface area contributed by atoms with Crippen molar-refractivity contribution in [3.63, 3.8) is 0 Å². The zero-order chi connectivity index (χ0) is 9.26. The molecule has 2 rings (SSSR count). The maximum absolute atomic E-state index is 11.7. The van der Waals surface area contributed by atoms with Gasteiger partial charge in [0.05, 0.1) is 6.04 Å². The zero-order valence-electron chi connectivity index (χ0n) is 7.99. The van der Waals surface area contributed by atoms with Crippen molar-refractivity contribution in [3.8, 4) is 0 Å². The molecule has 1 saturated heterocycles. The van der Waals surface area contributed by atoms with Crippen LogP contribution in [-0.4, -0.2) is 36.0 Å². The molecule has 0 aromatic rings. The van der Waals surface area contributed by atoms with Crippen molar-refractivity contribution >= 4 is 5.91 Å². The Morgan fingerprint density at radius 2 is 2.46 bits per heavy atom. The summed E-state index contributed by atoms with van der Waals surface area (Å²) in [4.78, 5) is 13.9. The van der Waals surface area contributed by atoms with Gasteiger partial charge in [-0.2, -0.15) is 0 Å². The van der Waals surface area contributed by atoms with Gasteiger partial charge in [-0.15, -0.1) is 0 Å². The van der Waals surface area contributed by atoms with Gasteiger partial charge in [0.2, 0.25) is 5.91 Å². The van der Waals surface area contributed by atoms with Crippen molar-refractivity contribution < 1.29 is 4.79 Å². The highest BCUT2D eigenvalue weighted by Gasteiger charge is 2.30. The predicted molar refractivity (Wildman–Crippen MR) is 51.3 cm³/mol. The molecule has 1 amide bonds. The summed E-state index contributed by atoms with van der Waals surface area (Å²) in [5.74, 6) is 0.203. The first-order valence-electron chi connectivity index (χ1n) is 4.98. The smallest absolute Gasteiger partial charge is 0.237 e. The Labute approximate surface area is 78.8 Å². The van der Waals surface area contributed by atoms with E-state index in [0.29, 0.717) is 0 Å². The molecule has 0 radical (unpaired) electrons. The van der Waals surface area contributed by atoms with E-state index in [2.05, 4.69) is 22.4 Å². The second-order valence-corrected chi connectivity index (χ2v) is 3.88. The van der Waals surface area contributed by atoms with Crippen molar-refractivity contribution in [2.75, 3.05) is 13.1 Å². The Kier molecular flexibility index (Phi) is 2.36. The first kappa shape index (κ1) is 8.75. The van der Waals surface area contributed by atoms with Crippen LogP contribution in [-0.2, 0) is 4.79 Å². The van der Waals surface area contributed by atoms with Gasteiger partial charge in [0, 0.05) is 12.6 Å². The van der Waals surface area contributed by atoms with Crippen LogP contribution >= 0.6 is 0 Å². The van der Waals surface area contributed by atoms with Crippen molar-refractivity contribution in [1.82, 2.24) is 10.2 Å². The number of rotatable bonds is 0. The molecule has 72 valence electrons. The van der Waals surface area contributed by atoms with Crippen molar-refractivity contribution in [3.05, 3.63) is 12.2 Å². The molecule has 0 aromatic heterocycles. The van der Waals surface area contributed by atoms with E-state index >= 15 is 0 Å². The lowest BCUT2D eigenvalue weighted by Crippen LogP contribution is -2.47. The van der Waals surface area contributed by atoms with Gasteiger partial charge in [-0.25, -0.2) is 0 Å². The lowest BCUT2D eigenvalue weighted by atomic mass is 10.1. The SMILES string of the molecule is C[C@@H]1/C=C/CN2CCC[C@H]2C(=O)N1. The molecule has 2 aliphatic rings. The van der Waals surface area contributed by atoms with Gasteiger partial charge in [0.1, 0.15) is 0 Å². The summed E-state index contributed by atoms with van der Waals surface area (Å²) < 4.78 is 0. The fraction of sp³-hybridized carbons (Fsp3) is 0.700. The Morgan fingerprint density at radius 3 is 3.31 bits per heavy atom. The monoisotopic (exact) mass is 180 g/mol. The summed E-state index contributed by atoms with van der Waals surface area (Å²) >= 11 is 0. The Morgan fingerprint density at radius 1 is 1.62 bits per heavy atom. The van der Waals surface area contributed by atoms with Gasteiger partial charge in [-0.1, -0.05) is 12.2 Å². The molecular weight excluding hydrogens is 164 g/mol. The van der Waals surface area contributed by atoms with E-state index in [0.717, 1.165) is 25.9 Å². The summed E-state index contributed by atoms with van der Waals surface area (Å²) in [5, 5.41) is 2.99. The van der Waals surface area contributed by atoms with Crippen LogP contribution in [0, 0.1) is 0 Å². The highest BCUT2D eigenvalue weighted by Crippen LogP contribution is 2.18. The number of fused-ring (bicyclic) bond motifs is 1. The van der Waals surface area contributed by atoms with Crippen LogP contribution in [0.25, 0.3) is 0 Å². The number of hydrogen-bond donors (Lipinski definition) is 1. The third-order valence-corrected chi connectivity index (χ3v) is 2.80. The molecule has 2 aliphatic heterocycles. The predicted octanol–water partition coefficient (Wildman–Crippen LogP) is 0.525. The number of carbonyl (C=O) groups is 1. The molecule has 0 spiro atoms. The minimum atomic E-state index is 0.132. The molecule has 0 aromatic carbocycles. The van der Waals surface area contributed by atoms with Crippen LogP contribution in [0.5, 0.6) is 0 Å². The average Bonchev–Trinajstić information content (AvgIpc) is 2.49. The lowest BCUT2D eigenvalue weighted by molar-refractivity contribution is -0.125. The van der Waals surface area contributed by atoms with Crippen LogP contribution in [0.1, 0.15) is 19.8 Å². The lowest BCUT2D eigenvalue weighted by Gasteiger charge is -2.25. The number of amides is 1. The summed E-state index contributed by atoms with van der Waals surface area (Å²) in [5.41, 5.74) is 0. The Balaban J connectivity index is 2.13. The quantitative estimate of drug-likeness (QED) is 0.551. The molecule has 0 saturated carbocycles. The molecule has 13 heavy (non-hydrogen) atoms. The fourth-order valence-corrected chi connectivity index (χ4v) is 2.11. The summed E-state index contributed by atoms with van der Waals surface area (Å²) in [7, 11) is 0. The molecular formula is C10H16N2O. The Hall–Kier alpha value is -0.830. The van der Waals surface area contributed by atoms with E-state index in [9.17, 15) is 4.79 Å². The van der Waals surface area contributed by atoms with Gasteiger partial charge in [0.15, 0.2) is 0 Å². The summed E-state index contributed by atoms with van der Waals surface area (Å²) in [6, 6.07) is 0.322. The maximum atomic E-state index is 11.7. The van der Waals surface area contributed by atoms with E-state index in [1.807, 2.05) is 6.92 Å². The van der Waals surface area contributed by atoms with Gasteiger partial charge in [-0.3, -0.25) is 9.69 Å². The first-order valence-corrected chi connectivity index (χ1v) is 4.98. The topological polar surface area (TPSA) is 32.3 Å². The van der Waals surface area contributed by atoms with E-state index in [1.54, 1.807) is 0 Å². The van der Waals surface area contributed by atoms with E-state index < -0.39 is 0 Å². The van der Waals surface area contributed by atoms with Crippen LogP contribution in [0.4, 0.5) is 0 Å². The van der Waals surface area contributed by atoms with Crippen molar-refractivity contribution in [1.29, 1.82) is 0 Å². The number of nitrogens with one attached hydrogen (secondary N) is 1. The van der Waals surface area contributed by atoms with Crippen molar-refractivity contribution in [2.24, 2.45) is 0 Å². The first-order chi connectivity index (χ1) is 6.27. The molecule has 1 N–H and O–H groups in total. The second kappa shape index (κ2) is 3.50. The molecule has 3 heteroatoms. The number of hydrogen-bond acceptors (Lipinski definition) is 2. The van der Waals surface area contributed by atoms with Gasteiger partial charge in [0.25, 0.3) is 0 Å². The van der Waals surface area contributed by atoms with Crippen LogP contribution in [0.15, 0.2) is 12.2 Å². The Bertz CT molecular complexity index is 237. The minimum Gasteiger partial charge on any atom is -0.349 e. The van der Waals surface area contributed by atoms with Crippen LogP contribution in [0.3, 0.4) is 0 Å². The molecule has 2 heterocycles. The van der Waals surface area contributed by atoms with Crippen LogP contribution < -0.4 is 5.32 Å². The second-order valence-electron chi connectivity index (χ2n) is 3.88. The van der Waals surface area contributed by atoms with E-state index in [1.165, 1.54) is 0 Å². The highest BCUT2D eigenvalue weighted by molar-refractivity contribution is 5.82. The standard InChI is InChI=1S/C10H16N2O/c1-8-4-2-6-12-7-3-5-9(12)10(13)11-8/h2,4,8-9H,3,5-7H2,1H3,(H,11,13)/b4-2+/t8-,9+/m1/s1. The molecule has 0 bridgehead atoms. The zero-order valence-corrected chi connectivity index (χ0v) is 7.99. The van der Waals surface area contributed by atoms with Gasteiger partial charge >= 0.3 is 0 Å². The van der Waals surface area contributed by atoms with E-state index in [4.69, 9.17) is 0 Å². The molecule has 1 fully saturated rings. The third kappa shape index (κ3) is 1.75. The highest BCUT2D eigenvalue weighted by atomic mass is 16.2. The summed E-state index contributed by atoms with van der Waals surface area (Å²) in [6.07, 6.45) is 6.39. The van der Waals surface area contributed by atoms with Crippen molar-refractivity contribution in [2.45, 2.75) is 31.8 Å². The van der Waals surface area contributed by atoms with Gasteiger partial charge < -0.3 is 5.32 Å². The van der Waals surface area contributed by atoms with Gasteiger partial charge in [-0.05, 0) is 26.3 Å². The minimum absolute atomic E-state index is 0.132.